The second-order valence-corrected chi connectivity index (χ2v) is 7.46. The molecule has 3 heterocycles. The van der Waals surface area contributed by atoms with E-state index in [0.717, 1.165) is 30.1 Å². The number of fused-ring (bicyclic) bond motifs is 1. The third-order valence-corrected chi connectivity index (χ3v) is 6.02. The topological polar surface area (TPSA) is 41.1 Å². The van der Waals surface area contributed by atoms with Crippen molar-refractivity contribution >= 4 is 29.0 Å². The van der Waals surface area contributed by atoms with Gasteiger partial charge in [-0.3, -0.25) is 4.79 Å². The predicted octanol–water partition coefficient (Wildman–Crippen LogP) is 2.41. The molecule has 0 aromatic carbocycles. The monoisotopic (exact) mass is 296 g/mol. The number of carbonyl (C=O) groups is 1. The Morgan fingerprint density at radius 3 is 3.21 bits per heavy atom. The Balaban J connectivity index is 1.56. The molecule has 0 saturated carbocycles. The molecule has 3 rings (SSSR count). The van der Waals surface area contributed by atoms with Gasteiger partial charge < -0.3 is 10.6 Å². The number of thioether (sulfide) groups is 1. The van der Waals surface area contributed by atoms with Gasteiger partial charge in [-0.25, -0.2) is 0 Å². The van der Waals surface area contributed by atoms with E-state index in [2.05, 4.69) is 16.7 Å². The molecule has 104 valence electrons. The fraction of sp³-hybridized carbons (Fsp3) is 0.643. The van der Waals surface area contributed by atoms with E-state index in [9.17, 15) is 4.79 Å². The van der Waals surface area contributed by atoms with E-state index >= 15 is 0 Å². The molecular formula is C14H20N2OS2. The van der Waals surface area contributed by atoms with Crippen molar-refractivity contribution in [2.75, 3.05) is 18.8 Å². The fourth-order valence-corrected chi connectivity index (χ4v) is 4.95. The van der Waals surface area contributed by atoms with Gasteiger partial charge in [-0.1, -0.05) is 6.42 Å². The van der Waals surface area contributed by atoms with Crippen molar-refractivity contribution in [2.45, 2.75) is 37.5 Å². The van der Waals surface area contributed by atoms with Gasteiger partial charge in [0.25, 0.3) is 5.91 Å². The van der Waals surface area contributed by atoms with Crippen LogP contribution in [-0.4, -0.2) is 30.8 Å². The standard InChI is InChI=1S/C14H20N2OS2/c17-14(16-8-11-3-1-2-5-15-11)13-7-10-9-18-6-4-12(10)19-13/h7,11,15H,1-6,8-9H2,(H,16,17). The van der Waals surface area contributed by atoms with Crippen LogP contribution in [0.15, 0.2) is 6.07 Å². The summed E-state index contributed by atoms with van der Waals surface area (Å²) in [5.74, 6) is 2.38. The van der Waals surface area contributed by atoms with Gasteiger partial charge >= 0.3 is 0 Å². The molecule has 1 aromatic heterocycles. The van der Waals surface area contributed by atoms with Crippen LogP contribution in [0.5, 0.6) is 0 Å². The summed E-state index contributed by atoms with van der Waals surface area (Å²) in [5, 5.41) is 6.54. The average Bonchev–Trinajstić information content (AvgIpc) is 2.90. The first kappa shape index (κ1) is 13.5. The van der Waals surface area contributed by atoms with E-state index in [1.165, 1.54) is 35.5 Å². The molecule has 1 amide bonds. The van der Waals surface area contributed by atoms with Crippen molar-refractivity contribution < 1.29 is 4.79 Å². The summed E-state index contributed by atoms with van der Waals surface area (Å²) >= 11 is 3.65. The zero-order valence-corrected chi connectivity index (χ0v) is 12.7. The molecule has 1 saturated heterocycles. The van der Waals surface area contributed by atoms with E-state index < -0.39 is 0 Å². The van der Waals surface area contributed by atoms with Crippen molar-refractivity contribution in [3.8, 4) is 0 Å². The van der Waals surface area contributed by atoms with E-state index in [4.69, 9.17) is 0 Å². The second-order valence-electron chi connectivity index (χ2n) is 5.22. The lowest BCUT2D eigenvalue weighted by Gasteiger charge is -2.23. The Kier molecular flexibility index (Phi) is 4.45. The normalized spacial score (nSPS) is 22.8. The SMILES string of the molecule is O=C(NCC1CCCCN1)c1cc2c(s1)CCSC2. The molecule has 0 radical (unpaired) electrons. The largest absolute Gasteiger partial charge is 0.350 e. The van der Waals surface area contributed by atoms with Crippen LogP contribution in [0, 0.1) is 0 Å². The lowest BCUT2D eigenvalue weighted by molar-refractivity contribution is 0.0952. The van der Waals surface area contributed by atoms with Gasteiger partial charge in [0.15, 0.2) is 0 Å². The summed E-state index contributed by atoms with van der Waals surface area (Å²) in [4.78, 5) is 14.5. The first-order chi connectivity index (χ1) is 9.33. The van der Waals surface area contributed by atoms with Crippen LogP contribution in [0.25, 0.3) is 0 Å². The van der Waals surface area contributed by atoms with E-state index in [-0.39, 0.29) is 5.91 Å². The Bertz CT molecular complexity index is 429. The quantitative estimate of drug-likeness (QED) is 0.900. The molecule has 3 nitrogen and oxygen atoms in total. The van der Waals surface area contributed by atoms with Crippen molar-refractivity contribution in [2.24, 2.45) is 0 Å². The van der Waals surface area contributed by atoms with E-state index in [1.54, 1.807) is 11.3 Å². The third kappa shape index (κ3) is 3.33. The molecule has 0 aliphatic carbocycles. The minimum Gasteiger partial charge on any atom is -0.350 e. The van der Waals surface area contributed by atoms with Gasteiger partial charge in [0, 0.05) is 23.2 Å². The van der Waals surface area contributed by atoms with Crippen LogP contribution < -0.4 is 10.6 Å². The number of piperidine rings is 1. The van der Waals surface area contributed by atoms with Crippen molar-refractivity contribution in [1.29, 1.82) is 0 Å². The van der Waals surface area contributed by atoms with E-state index in [1.807, 2.05) is 11.8 Å². The van der Waals surface area contributed by atoms with Crippen LogP contribution in [0.2, 0.25) is 0 Å². The number of aryl methyl sites for hydroxylation is 1. The second kappa shape index (κ2) is 6.29. The molecule has 5 heteroatoms. The van der Waals surface area contributed by atoms with Crippen LogP contribution in [-0.2, 0) is 12.2 Å². The van der Waals surface area contributed by atoms with Gasteiger partial charge in [0.1, 0.15) is 0 Å². The van der Waals surface area contributed by atoms with Gasteiger partial charge in [0.2, 0.25) is 0 Å². The zero-order chi connectivity index (χ0) is 13.1. The minimum atomic E-state index is 0.108. The van der Waals surface area contributed by atoms with Crippen LogP contribution in [0.4, 0.5) is 0 Å². The van der Waals surface area contributed by atoms with Gasteiger partial charge in [-0.15, -0.1) is 11.3 Å². The zero-order valence-electron chi connectivity index (χ0n) is 11.0. The van der Waals surface area contributed by atoms with Crippen LogP contribution >= 0.6 is 23.1 Å². The third-order valence-electron chi connectivity index (χ3n) is 3.77. The number of rotatable bonds is 3. The van der Waals surface area contributed by atoms with Gasteiger partial charge in [-0.2, -0.15) is 11.8 Å². The minimum absolute atomic E-state index is 0.108. The molecule has 1 unspecified atom stereocenters. The first-order valence-corrected chi connectivity index (χ1v) is 9.01. The molecule has 1 aromatic rings. The summed E-state index contributed by atoms with van der Waals surface area (Å²) in [6.45, 7) is 1.85. The maximum absolute atomic E-state index is 12.2. The Labute approximate surface area is 122 Å². The highest BCUT2D eigenvalue weighted by Gasteiger charge is 2.18. The summed E-state index contributed by atoms with van der Waals surface area (Å²) in [5.41, 5.74) is 1.38. The Hall–Kier alpha value is -0.520. The number of amides is 1. The molecule has 2 aliphatic heterocycles. The predicted molar refractivity (Wildman–Crippen MR) is 82.2 cm³/mol. The average molecular weight is 296 g/mol. The molecule has 1 fully saturated rings. The fourth-order valence-electron chi connectivity index (χ4n) is 2.66. The van der Waals surface area contributed by atoms with Crippen LogP contribution in [0.1, 0.15) is 39.4 Å². The van der Waals surface area contributed by atoms with Crippen LogP contribution in [0.3, 0.4) is 0 Å². The van der Waals surface area contributed by atoms with Crippen molar-refractivity contribution in [3.05, 3.63) is 21.4 Å². The first-order valence-electron chi connectivity index (χ1n) is 7.04. The van der Waals surface area contributed by atoms with E-state index in [0.29, 0.717) is 6.04 Å². The Morgan fingerprint density at radius 2 is 2.42 bits per heavy atom. The lowest BCUT2D eigenvalue weighted by atomic mass is 10.1. The number of hydrogen-bond donors (Lipinski definition) is 2. The molecule has 0 bridgehead atoms. The highest BCUT2D eigenvalue weighted by molar-refractivity contribution is 7.98. The van der Waals surface area contributed by atoms with Gasteiger partial charge in [-0.05, 0) is 43.2 Å². The Morgan fingerprint density at radius 1 is 1.47 bits per heavy atom. The molecule has 0 spiro atoms. The summed E-state index contributed by atoms with van der Waals surface area (Å²) in [7, 11) is 0. The summed E-state index contributed by atoms with van der Waals surface area (Å²) in [6.07, 6.45) is 4.85. The number of thiophene rings is 1. The molecular weight excluding hydrogens is 276 g/mol. The molecule has 1 atom stereocenters. The number of nitrogens with one attached hydrogen (secondary N) is 2. The van der Waals surface area contributed by atoms with Crippen molar-refractivity contribution in [3.63, 3.8) is 0 Å². The maximum atomic E-state index is 12.2. The number of hydrogen-bond acceptors (Lipinski definition) is 4. The highest BCUT2D eigenvalue weighted by atomic mass is 32.2. The smallest absolute Gasteiger partial charge is 0.261 e. The summed E-state index contributed by atoms with van der Waals surface area (Å²) < 4.78 is 0. The number of carbonyl (C=O) groups excluding carboxylic acids is 1. The van der Waals surface area contributed by atoms with Gasteiger partial charge in [0.05, 0.1) is 4.88 Å². The molecule has 2 aliphatic rings. The van der Waals surface area contributed by atoms with Crippen molar-refractivity contribution in [1.82, 2.24) is 10.6 Å². The molecule has 2 N–H and O–H groups in total. The lowest BCUT2D eigenvalue weighted by Crippen LogP contribution is -2.43. The summed E-state index contributed by atoms with van der Waals surface area (Å²) in [6, 6.07) is 2.55. The molecule has 19 heavy (non-hydrogen) atoms. The maximum Gasteiger partial charge on any atom is 0.261 e. The highest BCUT2D eigenvalue weighted by Crippen LogP contribution is 2.31.